The fourth-order valence-corrected chi connectivity index (χ4v) is 2.42. The largest absolute Gasteiger partial charge is 0.351 e. The van der Waals surface area contributed by atoms with Gasteiger partial charge in [-0.3, -0.25) is 4.79 Å². The van der Waals surface area contributed by atoms with Crippen molar-refractivity contribution in [1.29, 1.82) is 0 Å². The maximum Gasteiger partial charge on any atom is 0.251 e. The van der Waals surface area contributed by atoms with E-state index in [0.29, 0.717) is 16.1 Å². The molecule has 1 saturated carbocycles. The van der Waals surface area contributed by atoms with Gasteiger partial charge < -0.3 is 5.32 Å². The van der Waals surface area contributed by atoms with Crippen molar-refractivity contribution >= 4 is 17.5 Å². The second-order valence-electron chi connectivity index (χ2n) is 6.85. The van der Waals surface area contributed by atoms with Crippen molar-refractivity contribution in [2.24, 2.45) is 5.41 Å². The van der Waals surface area contributed by atoms with Gasteiger partial charge in [0.1, 0.15) is 5.15 Å². The molecule has 1 N–H and O–H groups in total. The minimum Gasteiger partial charge on any atom is -0.351 e. The lowest BCUT2D eigenvalue weighted by molar-refractivity contribution is 0.0944. The van der Waals surface area contributed by atoms with Gasteiger partial charge in [-0.2, -0.15) is 0 Å². The van der Waals surface area contributed by atoms with Gasteiger partial charge in [-0.15, -0.1) is 0 Å². The highest BCUT2D eigenvalue weighted by Crippen LogP contribution is 2.47. The molecule has 1 amide bonds. The Morgan fingerprint density at radius 2 is 2.05 bits per heavy atom. The molecule has 1 aliphatic rings. The third kappa shape index (κ3) is 3.51. The first-order chi connectivity index (χ1) is 9.26. The molecule has 0 radical (unpaired) electrons. The summed E-state index contributed by atoms with van der Waals surface area (Å²) in [4.78, 5) is 16.6. The van der Waals surface area contributed by atoms with E-state index < -0.39 is 0 Å². The van der Waals surface area contributed by atoms with Crippen LogP contribution in [-0.2, 0) is 5.41 Å². The van der Waals surface area contributed by atoms with Crippen LogP contribution in [0.4, 0.5) is 0 Å². The molecule has 0 bridgehead atoms. The van der Waals surface area contributed by atoms with E-state index in [9.17, 15) is 4.79 Å². The number of pyridine rings is 1. The topological polar surface area (TPSA) is 42.0 Å². The summed E-state index contributed by atoms with van der Waals surface area (Å²) in [6.45, 7) is 9.12. The SMILES string of the molecule is CCC1(CNC(=O)c2cc(Cl)nc(C(C)(C)C)c2)CC1. The first kappa shape index (κ1) is 15.3. The minimum absolute atomic E-state index is 0.0560. The first-order valence-corrected chi connectivity index (χ1v) is 7.60. The zero-order chi connectivity index (χ0) is 15.0. The number of halogens is 1. The van der Waals surface area contributed by atoms with Crippen LogP contribution in [0, 0.1) is 5.41 Å². The van der Waals surface area contributed by atoms with E-state index in [-0.39, 0.29) is 11.3 Å². The van der Waals surface area contributed by atoms with Gasteiger partial charge in [-0.1, -0.05) is 39.3 Å². The average molecular weight is 295 g/mol. The van der Waals surface area contributed by atoms with E-state index in [1.807, 2.05) is 6.07 Å². The van der Waals surface area contributed by atoms with Crippen LogP contribution in [0.1, 0.15) is 63.0 Å². The number of rotatable bonds is 4. The van der Waals surface area contributed by atoms with Crippen LogP contribution in [0.3, 0.4) is 0 Å². The number of carbonyl (C=O) groups is 1. The summed E-state index contributed by atoms with van der Waals surface area (Å²) in [6.07, 6.45) is 3.56. The standard InChI is InChI=1S/C16H23ClN2O/c1-5-16(6-7-16)10-18-14(20)11-8-12(15(2,3)4)19-13(17)9-11/h8-9H,5-7,10H2,1-4H3,(H,18,20). The number of aromatic nitrogens is 1. The van der Waals surface area contributed by atoms with Crippen molar-refractivity contribution in [2.75, 3.05) is 6.54 Å². The Morgan fingerprint density at radius 3 is 2.55 bits per heavy atom. The highest BCUT2D eigenvalue weighted by atomic mass is 35.5. The van der Waals surface area contributed by atoms with Gasteiger partial charge in [0.15, 0.2) is 0 Å². The van der Waals surface area contributed by atoms with Crippen LogP contribution < -0.4 is 5.32 Å². The van der Waals surface area contributed by atoms with Gasteiger partial charge in [0.25, 0.3) is 5.91 Å². The van der Waals surface area contributed by atoms with Crippen molar-refractivity contribution in [1.82, 2.24) is 10.3 Å². The molecule has 1 aromatic heterocycles. The molecule has 1 heterocycles. The van der Waals surface area contributed by atoms with E-state index in [1.165, 1.54) is 12.8 Å². The molecular weight excluding hydrogens is 272 g/mol. The summed E-state index contributed by atoms with van der Waals surface area (Å²) >= 11 is 6.04. The van der Waals surface area contributed by atoms with Crippen LogP contribution in [0.2, 0.25) is 5.15 Å². The van der Waals surface area contributed by atoms with Crippen LogP contribution in [0.5, 0.6) is 0 Å². The number of carbonyl (C=O) groups excluding carboxylic acids is 1. The normalized spacial score (nSPS) is 16.9. The summed E-state index contributed by atoms with van der Waals surface area (Å²) in [5.41, 5.74) is 1.66. The second-order valence-corrected chi connectivity index (χ2v) is 7.24. The molecule has 1 aromatic rings. The Kier molecular flexibility index (Phi) is 4.10. The molecule has 110 valence electrons. The Labute approximate surface area is 126 Å². The summed E-state index contributed by atoms with van der Waals surface area (Å²) in [5.74, 6) is -0.0560. The number of hydrogen-bond acceptors (Lipinski definition) is 2. The average Bonchev–Trinajstić information content (AvgIpc) is 3.15. The summed E-state index contributed by atoms with van der Waals surface area (Å²) in [6, 6.07) is 3.48. The quantitative estimate of drug-likeness (QED) is 0.854. The molecule has 0 spiro atoms. The van der Waals surface area contributed by atoms with E-state index in [0.717, 1.165) is 18.7 Å². The molecule has 1 fully saturated rings. The highest BCUT2D eigenvalue weighted by Gasteiger charge is 2.40. The number of nitrogens with one attached hydrogen (secondary N) is 1. The molecule has 4 heteroatoms. The molecular formula is C16H23ClN2O. The lowest BCUT2D eigenvalue weighted by atomic mass is 9.91. The van der Waals surface area contributed by atoms with Crippen LogP contribution in [-0.4, -0.2) is 17.4 Å². The first-order valence-electron chi connectivity index (χ1n) is 7.22. The number of nitrogens with zero attached hydrogens (tertiary/aromatic N) is 1. The Bertz CT molecular complexity index is 516. The van der Waals surface area contributed by atoms with Gasteiger partial charge in [0, 0.05) is 23.2 Å². The molecule has 0 atom stereocenters. The molecule has 0 aromatic carbocycles. The maximum absolute atomic E-state index is 12.3. The third-order valence-corrected chi connectivity index (χ3v) is 4.35. The molecule has 1 aliphatic carbocycles. The lowest BCUT2D eigenvalue weighted by Gasteiger charge is -2.19. The monoisotopic (exact) mass is 294 g/mol. The highest BCUT2D eigenvalue weighted by molar-refractivity contribution is 6.29. The van der Waals surface area contributed by atoms with Crippen LogP contribution in [0.15, 0.2) is 12.1 Å². The lowest BCUT2D eigenvalue weighted by Crippen LogP contribution is -2.30. The second kappa shape index (κ2) is 5.36. The number of amides is 1. The summed E-state index contributed by atoms with van der Waals surface area (Å²) in [7, 11) is 0. The molecule has 2 rings (SSSR count). The van der Waals surface area contributed by atoms with Gasteiger partial charge in [-0.05, 0) is 36.8 Å². The molecule has 0 aliphatic heterocycles. The molecule has 3 nitrogen and oxygen atoms in total. The van der Waals surface area contributed by atoms with Crippen LogP contribution in [0.25, 0.3) is 0 Å². The molecule has 0 saturated heterocycles. The maximum atomic E-state index is 12.3. The van der Waals surface area contributed by atoms with Gasteiger partial charge in [-0.25, -0.2) is 4.98 Å². The fraction of sp³-hybridized carbons (Fsp3) is 0.625. The predicted octanol–water partition coefficient (Wildman–Crippen LogP) is 3.95. The van der Waals surface area contributed by atoms with Crippen molar-refractivity contribution in [3.63, 3.8) is 0 Å². The summed E-state index contributed by atoms with van der Waals surface area (Å²) < 4.78 is 0. The van der Waals surface area contributed by atoms with Crippen molar-refractivity contribution in [3.8, 4) is 0 Å². The molecule has 20 heavy (non-hydrogen) atoms. The van der Waals surface area contributed by atoms with E-state index >= 15 is 0 Å². The fourth-order valence-electron chi connectivity index (χ4n) is 2.21. The van der Waals surface area contributed by atoms with E-state index in [1.54, 1.807) is 6.07 Å². The predicted molar refractivity (Wildman–Crippen MR) is 82.2 cm³/mol. The Balaban J connectivity index is 2.11. The van der Waals surface area contributed by atoms with E-state index in [4.69, 9.17) is 11.6 Å². The van der Waals surface area contributed by atoms with Gasteiger partial charge in [0.05, 0.1) is 0 Å². The van der Waals surface area contributed by atoms with Gasteiger partial charge in [0.2, 0.25) is 0 Å². The minimum atomic E-state index is -0.124. The smallest absolute Gasteiger partial charge is 0.251 e. The van der Waals surface area contributed by atoms with Gasteiger partial charge >= 0.3 is 0 Å². The molecule has 0 unspecified atom stereocenters. The zero-order valence-electron chi connectivity index (χ0n) is 12.7. The third-order valence-electron chi connectivity index (χ3n) is 4.16. The summed E-state index contributed by atoms with van der Waals surface area (Å²) in [5, 5.41) is 3.41. The van der Waals surface area contributed by atoms with Crippen molar-refractivity contribution in [2.45, 2.75) is 52.4 Å². The zero-order valence-corrected chi connectivity index (χ0v) is 13.5. The van der Waals surface area contributed by atoms with Crippen molar-refractivity contribution < 1.29 is 4.79 Å². The Morgan fingerprint density at radius 1 is 1.40 bits per heavy atom. The van der Waals surface area contributed by atoms with E-state index in [2.05, 4.69) is 38.0 Å². The van der Waals surface area contributed by atoms with Crippen LogP contribution >= 0.6 is 11.6 Å². The number of hydrogen-bond donors (Lipinski definition) is 1. The Hall–Kier alpha value is -1.09. The van der Waals surface area contributed by atoms with Crippen molar-refractivity contribution in [3.05, 3.63) is 28.5 Å².